The lowest BCUT2D eigenvalue weighted by Crippen LogP contribution is -2.50. The van der Waals surface area contributed by atoms with E-state index < -0.39 is 0 Å². The second-order valence-corrected chi connectivity index (χ2v) is 6.17. The van der Waals surface area contributed by atoms with Crippen LogP contribution in [0, 0.1) is 0 Å². The molecule has 2 fully saturated rings. The van der Waals surface area contributed by atoms with Crippen molar-refractivity contribution in [2.45, 2.75) is 25.4 Å². The number of hydrogen-bond donors (Lipinski definition) is 1. The summed E-state index contributed by atoms with van der Waals surface area (Å²) in [6.07, 6.45) is 2.72. The summed E-state index contributed by atoms with van der Waals surface area (Å²) in [5.74, 6) is 0. The van der Waals surface area contributed by atoms with Gasteiger partial charge in [-0.1, -0.05) is 15.9 Å². The number of nitrogens with zero attached hydrogens (tertiary/aromatic N) is 2. The molecule has 4 heteroatoms. The van der Waals surface area contributed by atoms with Crippen LogP contribution in [0.1, 0.15) is 18.4 Å². The molecule has 3 rings (SSSR count). The minimum atomic E-state index is 0.611. The lowest BCUT2D eigenvalue weighted by Gasteiger charge is -2.39. The van der Waals surface area contributed by atoms with E-state index >= 15 is 0 Å². The molecule has 0 bridgehead atoms. The van der Waals surface area contributed by atoms with Gasteiger partial charge in [-0.15, -0.1) is 0 Å². The van der Waals surface area contributed by atoms with Gasteiger partial charge >= 0.3 is 0 Å². The van der Waals surface area contributed by atoms with Crippen LogP contribution in [0.2, 0.25) is 0 Å². The first-order valence-corrected chi connectivity index (χ1v) is 7.55. The first-order chi connectivity index (χ1) is 8.78. The lowest BCUT2D eigenvalue weighted by atomic mass is 10.1. The number of rotatable bonds is 2. The topological polar surface area (TPSA) is 32.5 Å². The monoisotopic (exact) mass is 309 g/mol. The minimum Gasteiger partial charge on any atom is -0.368 e. The molecule has 0 radical (unpaired) electrons. The second kappa shape index (κ2) is 5.19. The fourth-order valence-electron chi connectivity index (χ4n) is 3.24. The Morgan fingerprint density at radius 1 is 1.28 bits per heavy atom. The number of benzene rings is 1. The van der Waals surface area contributed by atoms with Gasteiger partial charge in [0.05, 0.1) is 0 Å². The standard InChI is InChI=1S/C14H20BrN3/c15-12-3-4-14(11(8-12)9-16)18-7-6-17-5-1-2-13(17)10-18/h3-4,8,13H,1-2,5-7,9-10,16H2. The minimum absolute atomic E-state index is 0.611. The van der Waals surface area contributed by atoms with Gasteiger partial charge in [0.1, 0.15) is 0 Å². The molecule has 0 aliphatic carbocycles. The number of fused-ring (bicyclic) bond motifs is 1. The van der Waals surface area contributed by atoms with E-state index in [2.05, 4.69) is 43.9 Å². The Morgan fingerprint density at radius 2 is 2.17 bits per heavy atom. The van der Waals surface area contributed by atoms with Gasteiger partial charge in [0.25, 0.3) is 0 Å². The lowest BCUT2D eigenvalue weighted by molar-refractivity contribution is 0.231. The van der Waals surface area contributed by atoms with Gasteiger partial charge in [-0.25, -0.2) is 0 Å². The molecule has 3 nitrogen and oxygen atoms in total. The van der Waals surface area contributed by atoms with E-state index in [9.17, 15) is 0 Å². The average Bonchev–Trinajstić information content (AvgIpc) is 2.85. The van der Waals surface area contributed by atoms with Gasteiger partial charge in [0.15, 0.2) is 0 Å². The van der Waals surface area contributed by atoms with Crippen LogP contribution in [0.15, 0.2) is 22.7 Å². The first-order valence-electron chi connectivity index (χ1n) is 6.75. The van der Waals surface area contributed by atoms with Crippen molar-refractivity contribution >= 4 is 21.6 Å². The molecule has 0 saturated carbocycles. The summed E-state index contributed by atoms with van der Waals surface area (Å²) in [4.78, 5) is 5.15. The maximum Gasteiger partial charge on any atom is 0.0413 e. The van der Waals surface area contributed by atoms with Crippen molar-refractivity contribution < 1.29 is 0 Å². The van der Waals surface area contributed by atoms with Crippen LogP contribution in [0.5, 0.6) is 0 Å². The van der Waals surface area contributed by atoms with Crippen molar-refractivity contribution in [2.75, 3.05) is 31.1 Å². The second-order valence-electron chi connectivity index (χ2n) is 5.26. The Morgan fingerprint density at radius 3 is 3.00 bits per heavy atom. The SMILES string of the molecule is NCc1cc(Br)ccc1N1CCN2CCCC2C1. The van der Waals surface area contributed by atoms with Gasteiger partial charge in [-0.2, -0.15) is 0 Å². The highest BCUT2D eigenvalue weighted by Gasteiger charge is 2.31. The first kappa shape index (κ1) is 12.5. The Kier molecular flexibility index (Phi) is 3.59. The van der Waals surface area contributed by atoms with Crippen LogP contribution in [0.3, 0.4) is 0 Å². The summed E-state index contributed by atoms with van der Waals surface area (Å²) < 4.78 is 1.12. The zero-order chi connectivity index (χ0) is 12.5. The van der Waals surface area contributed by atoms with E-state index in [4.69, 9.17) is 5.73 Å². The Hall–Kier alpha value is -0.580. The van der Waals surface area contributed by atoms with E-state index in [0.717, 1.165) is 23.6 Å². The Bertz CT molecular complexity index is 435. The summed E-state index contributed by atoms with van der Waals surface area (Å²) in [5.41, 5.74) is 8.45. The largest absolute Gasteiger partial charge is 0.368 e. The molecule has 2 N–H and O–H groups in total. The van der Waals surface area contributed by atoms with Gasteiger partial charge in [-0.05, 0) is 43.1 Å². The molecule has 2 aliphatic heterocycles. The zero-order valence-corrected chi connectivity index (χ0v) is 12.2. The molecule has 1 atom stereocenters. The van der Waals surface area contributed by atoms with Crippen LogP contribution in [0.25, 0.3) is 0 Å². The van der Waals surface area contributed by atoms with Crippen LogP contribution in [0.4, 0.5) is 5.69 Å². The van der Waals surface area contributed by atoms with E-state index in [0.29, 0.717) is 6.54 Å². The average molecular weight is 310 g/mol. The summed E-state index contributed by atoms with van der Waals surface area (Å²) in [6.45, 7) is 5.40. The Labute approximate surface area is 117 Å². The van der Waals surface area contributed by atoms with Crippen molar-refractivity contribution in [3.63, 3.8) is 0 Å². The molecule has 0 aromatic heterocycles. The summed E-state index contributed by atoms with van der Waals surface area (Å²) in [5, 5.41) is 0. The molecule has 1 aromatic carbocycles. The quantitative estimate of drug-likeness (QED) is 0.909. The van der Waals surface area contributed by atoms with Gasteiger partial charge < -0.3 is 10.6 Å². The van der Waals surface area contributed by atoms with Crippen LogP contribution < -0.4 is 10.6 Å². The highest BCUT2D eigenvalue weighted by atomic mass is 79.9. The highest BCUT2D eigenvalue weighted by molar-refractivity contribution is 9.10. The van der Waals surface area contributed by atoms with E-state index in [1.165, 1.54) is 37.2 Å². The molecule has 2 aliphatic rings. The molecule has 0 amide bonds. The molecule has 98 valence electrons. The van der Waals surface area contributed by atoms with Crippen molar-refractivity contribution in [3.8, 4) is 0 Å². The molecule has 1 unspecified atom stereocenters. The molecule has 2 heterocycles. The van der Waals surface area contributed by atoms with E-state index in [1.54, 1.807) is 0 Å². The summed E-state index contributed by atoms with van der Waals surface area (Å²) in [7, 11) is 0. The number of halogens is 1. The van der Waals surface area contributed by atoms with Crippen LogP contribution >= 0.6 is 15.9 Å². The highest BCUT2D eigenvalue weighted by Crippen LogP contribution is 2.29. The van der Waals surface area contributed by atoms with Crippen molar-refractivity contribution in [3.05, 3.63) is 28.2 Å². The molecular weight excluding hydrogens is 290 g/mol. The smallest absolute Gasteiger partial charge is 0.0413 e. The third-order valence-electron chi connectivity index (χ3n) is 4.19. The fourth-order valence-corrected chi connectivity index (χ4v) is 3.64. The van der Waals surface area contributed by atoms with E-state index in [-0.39, 0.29) is 0 Å². The maximum atomic E-state index is 5.88. The molecule has 2 saturated heterocycles. The summed E-state index contributed by atoms with van der Waals surface area (Å²) in [6, 6.07) is 7.23. The number of hydrogen-bond acceptors (Lipinski definition) is 3. The maximum absolute atomic E-state index is 5.88. The molecule has 0 spiro atoms. The molecular formula is C14H20BrN3. The predicted octanol–water partition coefficient (Wildman–Crippen LogP) is 2.19. The van der Waals surface area contributed by atoms with E-state index in [1.807, 2.05) is 0 Å². The van der Waals surface area contributed by atoms with Crippen LogP contribution in [-0.2, 0) is 6.54 Å². The molecule has 18 heavy (non-hydrogen) atoms. The number of piperazine rings is 1. The third kappa shape index (κ3) is 2.29. The van der Waals surface area contributed by atoms with Gasteiger partial charge in [0.2, 0.25) is 0 Å². The third-order valence-corrected chi connectivity index (χ3v) is 4.68. The molecule has 1 aromatic rings. The fraction of sp³-hybridized carbons (Fsp3) is 0.571. The number of anilines is 1. The number of nitrogens with two attached hydrogens (primary N) is 1. The predicted molar refractivity (Wildman–Crippen MR) is 78.8 cm³/mol. The van der Waals surface area contributed by atoms with Crippen molar-refractivity contribution in [2.24, 2.45) is 5.73 Å². The van der Waals surface area contributed by atoms with Crippen molar-refractivity contribution in [1.82, 2.24) is 4.90 Å². The van der Waals surface area contributed by atoms with Crippen LogP contribution in [-0.4, -0.2) is 37.1 Å². The van der Waals surface area contributed by atoms with Gasteiger partial charge in [0, 0.05) is 42.4 Å². The van der Waals surface area contributed by atoms with Crippen molar-refractivity contribution in [1.29, 1.82) is 0 Å². The summed E-state index contributed by atoms with van der Waals surface area (Å²) >= 11 is 3.52. The zero-order valence-electron chi connectivity index (χ0n) is 10.6. The van der Waals surface area contributed by atoms with Gasteiger partial charge in [-0.3, -0.25) is 4.90 Å². The normalized spacial score (nSPS) is 24.3. The Balaban J connectivity index is 1.82.